The Labute approximate surface area is 263 Å². The van der Waals surface area contributed by atoms with Crippen LogP contribution in [0.15, 0.2) is 138 Å². The normalized spacial score (nSPS) is 11.6. The Balaban J connectivity index is 1.24. The largest absolute Gasteiger partial charge is 0.507 e. The Hall–Kier alpha value is -5.88. The first-order chi connectivity index (χ1) is 21.7. The summed E-state index contributed by atoms with van der Waals surface area (Å²) in [6.07, 6.45) is 0. The molecule has 0 aliphatic heterocycles. The van der Waals surface area contributed by atoms with Crippen molar-refractivity contribution in [3.63, 3.8) is 0 Å². The Bertz CT molecular complexity index is 1940. The highest BCUT2D eigenvalue weighted by atomic mass is 32.2. The first-order valence-electron chi connectivity index (χ1n) is 13.6. The lowest BCUT2D eigenvalue weighted by Gasteiger charge is -2.09. The molecule has 0 fully saturated rings. The Morgan fingerprint density at radius 2 is 1.11 bits per heavy atom. The van der Waals surface area contributed by atoms with E-state index < -0.39 is 5.97 Å². The standard InChI is InChI=1S/C33H28N8O3S/c1-19-3-5-21(6-4-19)38-41-32-30(34)20(2)17-28(31(32)35)40-37-23-9-14-26(15-10-23)45-25-12-7-22(8-13-25)36-39-24-11-16-29(42)27(18-24)33(43)44/h3-18,42H,34-35H2,1-2H3,(H,43,44). The van der Waals surface area contributed by atoms with E-state index in [1.54, 1.807) is 30.0 Å². The zero-order chi connectivity index (χ0) is 31.9. The summed E-state index contributed by atoms with van der Waals surface area (Å²) in [6.45, 7) is 3.85. The van der Waals surface area contributed by atoms with Crippen molar-refractivity contribution in [1.29, 1.82) is 0 Å². The monoisotopic (exact) mass is 616 g/mol. The quantitative estimate of drug-likeness (QED) is 0.0942. The molecule has 0 saturated carbocycles. The van der Waals surface area contributed by atoms with Gasteiger partial charge in [0, 0.05) is 9.79 Å². The molecule has 0 radical (unpaired) electrons. The summed E-state index contributed by atoms with van der Waals surface area (Å²) in [7, 11) is 0. The highest BCUT2D eigenvalue weighted by Gasteiger charge is 2.13. The van der Waals surface area contributed by atoms with E-state index in [2.05, 4.69) is 30.7 Å². The number of azo groups is 3. The third-order valence-electron chi connectivity index (χ3n) is 6.54. The second-order valence-electron chi connectivity index (χ2n) is 9.92. The number of nitrogens with two attached hydrogens (primary N) is 2. The highest BCUT2D eigenvalue weighted by Crippen LogP contribution is 2.41. The molecular weight excluding hydrogens is 588 g/mol. The molecule has 5 rings (SSSR count). The molecule has 0 aromatic heterocycles. The van der Waals surface area contributed by atoms with Gasteiger partial charge in [-0.05, 0) is 104 Å². The van der Waals surface area contributed by atoms with Gasteiger partial charge in [0.15, 0.2) is 0 Å². The molecule has 224 valence electrons. The smallest absolute Gasteiger partial charge is 0.339 e. The van der Waals surface area contributed by atoms with Crippen molar-refractivity contribution in [1.82, 2.24) is 0 Å². The highest BCUT2D eigenvalue weighted by molar-refractivity contribution is 7.99. The number of carbonyl (C=O) groups is 1. The minimum Gasteiger partial charge on any atom is -0.507 e. The van der Waals surface area contributed by atoms with E-state index >= 15 is 0 Å². The van der Waals surface area contributed by atoms with E-state index in [4.69, 9.17) is 16.6 Å². The lowest BCUT2D eigenvalue weighted by Crippen LogP contribution is -1.95. The van der Waals surface area contributed by atoms with Crippen LogP contribution in [0.1, 0.15) is 21.5 Å². The maximum atomic E-state index is 11.2. The molecule has 6 N–H and O–H groups in total. The van der Waals surface area contributed by atoms with Crippen LogP contribution in [-0.4, -0.2) is 16.2 Å². The zero-order valence-electron chi connectivity index (χ0n) is 24.3. The van der Waals surface area contributed by atoms with E-state index in [1.165, 1.54) is 18.2 Å². The number of aromatic carboxylic acids is 1. The van der Waals surface area contributed by atoms with Crippen LogP contribution >= 0.6 is 11.8 Å². The minimum atomic E-state index is -1.24. The number of carboxylic acid groups (broad SMARTS) is 1. The summed E-state index contributed by atoms with van der Waals surface area (Å²) in [6, 6.07) is 28.5. The molecule has 0 atom stereocenters. The van der Waals surface area contributed by atoms with Crippen LogP contribution in [-0.2, 0) is 0 Å². The number of rotatable bonds is 9. The van der Waals surface area contributed by atoms with Crippen molar-refractivity contribution >= 4 is 63.2 Å². The van der Waals surface area contributed by atoms with Gasteiger partial charge in [-0.1, -0.05) is 29.5 Å². The molecule has 0 spiro atoms. The van der Waals surface area contributed by atoms with Crippen LogP contribution in [0.2, 0.25) is 0 Å². The van der Waals surface area contributed by atoms with Crippen LogP contribution in [0.25, 0.3) is 0 Å². The summed E-state index contributed by atoms with van der Waals surface area (Å²) in [5.41, 5.74) is 18.0. The van der Waals surface area contributed by atoms with Crippen LogP contribution < -0.4 is 11.5 Å². The maximum absolute atomic E-state index is 11.2. The first kappa shape index (κ1) is 30.6. The second-order valence-corrected chi connectivity index (χ2v) is 11.1. The Morgan fingerprint density at radius 1 is 0.622 bits per heavy atom. The van der Waals surface area contributed by atoms with E-state index in [-0.39, 0.29) is 11.3 Å². The summed E-state index contributed by atoms with van der Waals surface area (Å²) >= 11 is 1.56. The maximum Gasteiger partial charge on any atom is 0.339 e. The van der Waals surface area contributed by atoms with Gasteiger partial charge in [0.25, 0.3) is 0 Å². The third-order valence-corrected chi connectivity index (χ3v) is 7.55. The van der Waals surface area contributed by atoms with E-state index in [1.807, 2.05) is 74.5 Å². The van der Waals surface area contributed by atoms with Crippen molar-refractivity contribution in [2.45, 2.75) is 23.6 Å². The van der Waals surface area contributed by atoms with Gasteiger partial charge in [-0.15, -0.1) is 10.2 Å². The van der Waals surface area contributed by atoms with Crippen molar-refractivity contribution in [3.05, 3.63) is 114 Å². The van der Waals surface area contributed by atoms with Crippen molar-refractivity contribution in [2.75, 3.05) is 11.5 Å². The fourth-order valence-electron chi connectivity index (χ4n) is 4.01. The summed E-state index contributed by atoms with van der Waals surface area (Å²) in [5, 5.41) is 44.3. The predicted octanol–water partition coefficient (Wildman–Crippen LogP) is 10.3. The van der Waals surface area contributed by atoms with Crippen LogP contribution in [0.4, 0.5) is 45.5 Å². The van der Waals surface area contributed by atoms with Gasteiger partial charge in [0.2, 0.25) is 0 Å². The number of hydrogen-bond acceptors (Lipinski definition) is 11. The summed E-state index contributed by atoms with van der Waals surface area (Å²) in [5.74, 6) is -1.57. The number of hydrogen-bond donors (Lipinski definition) is 4. The van der Waals surface area contributed by atoms with E-state index in [0.717, 1.165) is 20.9 Å². The molecule has 0 amide bonds. The molecule has 11 nitrogen and oxygen atoms in total. The predicted molar refractivity (Wildman–Crippen MR) is 176 cm³/mol. The van der Waals surface area contributed by atoms with Gasteiger partial charge in [0.1, 0.15) is 22.7 Å². The van der Waals surface area contributed by atoms with E-state index in [0.29, 0.717) is 45.5 Å². The number of anilines is 2. The molecule has 0 aliphatic carbocycles. The lowest BCUT2D eigenvalue weighted by atomic mass is 10.1. The number of benzene rings is 5. The number of aromatic hydroxyl groups is 1. The second kappa shape index (κ2) is 13.6. The number of phenols is 1. The van der Waals surface area contributed by atoms with Gasteiger partial charge in [-0.3, -0.25) is 0 Å². The molecule has 0 unspecified atom stereocenters. The number of carboxylic acids is 1. The van der Waals surface area contributed by atoms with Gasteiger partial charge in [-0.2, -0.15) is 20.5 Å². The summed E-state index contributed by atoms with van der Waals surface area (Å²) in [4.78, 5) is 13.2. The van der Waals surface area contributed by atoms with Gasteiger partial charge < -0.3 is 21.7 Å². The molecule has 5 aromatic rings. The van der Waals surface area contributed by atoms with Crippen molar-refractivity contribution < 1.29 is 15.0 Å². The Kier molecular flexibility index (Phi) is 9.25. The van der Waals surface area contributed by atoms with Gasteiger partial charge in [-0.25, -0.2) is 4.79 Å². The number of nitrogen functional groups attached to an aromatic ring is 2. The fraction of sp³-hybridized carbons (Fsp3) is 0.0606. The first-order valence-corrected chi connectivity index (χ1v) is 14.4. The topological polar surface area (TPSA) is 184 Å². The average molecular weight is 617 g/mol. The van der Waals surface area contributed by atoms with Crippen LogP contribution in [0.3, 0.4) is 0 Å². The van der Waals surface area contributed by atoms with Gasteiger partial charge in [0.05, 0.1) is 34.1 Å². The molecule has 45 heavy (non-hydrogen) atoms. The number of aryl methyl sites for hydroxylation is 2. The summed E-state index contributed by atoms with van der Waals surface area (Å²) < 4.78 is 0. The lowest BCUT2D eigenvalue weighted by molar-refractivity contribution is 0.0693. The average Bonchev–Trinajstić information content (AvgIpc) is 3.04. The molecule has 5 aromatic carbocycles. The third kappa shape index (κ3) is 7.75. The molecular formula is C33H28N8O3S. The molecule has 0 aliphatic rings. The minimum absolute atomic E-state index is 0.235. The Morgan fingerprint density at radius 3 is 1.69 bits per heavy atom. The zero-order valence-corrected chi connectivity index (χ0v) is 25.1. The van der Waals surface area contributed by atoms with Crippen LogP contribution in [0, 0.1) is 13.8 Å². The van der Waals surface area contributed by atoms with E-state index in [9.17, 15) is 9.90 Å². The van der Waals surface area contributed by atoms with Gasteiger partial charge >= 0.3 is 5.97 Å². The molecule has 12 heteroatoms. The number of nitrogens with zero attached hydrogens (tertiary/aromatic N) is 6. The van der Waals surface area contributed by atoms with Crippen molar-refractivity contribution in [3.8, 4) is 5.75 Å². The molecule has 0 bridgehead atoms. The van der Waals surface area contributed by atoms with Crippen molar-refractivity contribution in [2.24, 2.45) is 30.7 Å². The molecule has 0 saturated heterocycles. The fourth-order valence-corrected chi connectivity index (χ4v) is 4.82. The van der Waals surface area contributed by atoms with Crippen LogP contribution in [0.5, 0.6) is 5.75 Å². The molecule has 0 heterocycles. The SMILES string of the molecule is Cc1ccc(N=Nc2c(N)c(C)cc(N=Nc3ccc(Sc4ccc(N=Nc5ccc(O)c(C(=O)O)c5)cc4)cc3)c2N)cc1.